The van der Waals surface area contributed by atoms with E-state index in [-0.39, 0.29) is 32.1 Å². The van der Waals surface area contributed by atoms with Gasteiger partial charge in [-0.05, 0) is 50.3 Å². The second kappa shape index (κ2) is 13.7. The van der Waals surface area contributed by atoms with Crippen LogP contribution in [0.1, 0.15) is 76.3 Å². The predicted molar refractivity (Wildman–Crippen MR) is 126 cm³/mol. The number of ether oxygens (including phenoxy) is 2. The van der Waals surface area contributed by atoms with Gasteiger partial charge in [0.05, 0.1) is 55.2 Å². The van der Waals surface area contributed by atoms with Gasteiger partial charge in [-0.1, -0.05) is 38.3 Å². The number of nitrogens with zero attached hydrogens (tertiary/aromatic N) is 1. The molecular formula is C26H36N2O6. The molecule has 0 radical (unpaired) electrons. The molecule has 0 heterocycles. The van der Waals surface area contributed by atoms with Crippen LogP contribution in [0, 0.1) is 22.7 Å². The summed E-state index contributed by atoms with van der Waals surface area (Å²) in [6.45, 7) is 4.28. The summed E-state index contributed by atoms with van der Waals surface area (Å²) in [6, 6.07) is 8.48. The average molecular weight is 473 g/mol. The number of nitrogens with one attached hydrogen (secondary N) is 1. The summed E-state index contributed by atoms with van der Waals surface area (Å²) in [6.07, 6.45) is 4.59. The van der Waals surface area contributed by atoms with Crippen molar-refractivity contribution in [1.82, 2.24) is 5.32 Å². The van der Waals surface area contributed by atoms with E-state index in [1.807, 2.05) is 6.92 Å². The highest BCUT2D eigenvalue weighted by atomic mass is 16.5. The standard InChI is InChI=1S/C26H36N2O6/c1-3-7-21(24(30)31)15-26(12-5-6-13-26)25(32)28-22(14-23(29)34-4-2)18-33-17-20-10-8-19(16-27)9-11-20/h8-11,21-22H,3-7,12-15,17-18H2,1-2H3,(H,28,32)(H,30,31). The molecule has 0 saturated heterocycles. The predicted octanol–water partition coefficient (Wildman–Crippen LogP) is 3.96. The zero-order valence-electron chi connectivity index (χ0n) is 20.2. The van der Waals surface area contributed by atoms with Gasteiger partial charge in [-0.15, -0.1) is 0 Å². The molecule has 186 valence electrons. The number of nitriles is 1. The Balaban J connectivity index is 2.07. The van der Waals surface area contributed by atoms with Gasteiger partial charge in [-0.2, -0.15) is 5.26 Å². The molecule has 34 heavy (non-hydrogen) atoms. The Morgan fingerprint density at radius 1 is 1.18 bits per heavy atom. The van der Waals surface area contributed by atoms with Gasteiger partial charge >= 0.3 is 11.9 Å². The summed E-state index contributed by atoms with van der Waals surface area (Å²) in [5.41, 5.74) is 0.690. The minimum absolute atomic E-state index is 0.0274. The molecule has 1 saturated carbocycles. The molecule has 0 aliphatic heterocycles. The van der Waals surface area contributed by atoms with E-state index in [2.05, 4.69) is 11.4 Å². The van der Waals surface area contributed by atoms with Crippen molar-refractivity contribution in [3.8, 4) is 6.07 Å². The van der Waals surface area contributed by atoms with E-state index in [0.717, 1.165) is 24.8 Å². The first kappa shape index (κ1) is 27.3. The number of benzene rings is 1. The maximum absolute atomic E-state index is 13.4. The number of aliphatic carboxylic acids is 1. The molecule has 1 fully saturated rings. The zero-order chi connectivity index (χ0) is 25.0. The molecular weight excluding hydrogens is 436 g/mol. The lowest BCUT2D eigenvalue weighted by atomic mass is 9.75. The van der Waals surface area contributed by atoms with Crippen molar-refractivity contribution < 1.29 is 29.0 Å². The molecule has 1 aliphatic rings. The number of carbonyl (C=O) groups is 3. The molecule has 2 rings (SSSR count). The van der Waals surface area contributed by atoms with Crippen LogP contribution in [-0.4, -0.2) is 42.2 Å². The second-order valence-corrected chi connectivity index (χ2v) is 9.02. The molecule has 1 aromatic rings. The Morgan fingerprint density at radius 2 is 1.85 bits per heavy atom. The first-order valence-corrected chi connectivity index (χ1v) is 12.1. The summed E-state index contributed by atoms with van der Waals surface area (Å²) in [5.74, 6) is -2.06. The zero-order valence-corrected chi connectivity index (χ0v) is 20.2. The molecule has 1 aliphatic carbocycles. The van der Waals surface area contributed by atoms with E-state index in [0.29, 0.717) is 31.2 Å². The molecule has 2 N–H and O–H groups in total. The number of carboxylic acid groups (broad SMARTS) is 1. The molecule has 8 nitrogen and oxygen atoms in total. The van der Waals surface area contributed by atoms with Gasteiger partial charge in [0.2, 0.25) is 5.91 Å². The fraction of sp³-hybridized carbons (Fsp3) is 0.615. The molecule has 0 aromatic heterocycles. The lowest BCUT2D eigenvalue weighted by molar-refractivity contribution is -0.145. The molecule has 8 heteroatoms. The first-order valence-electron chi connectivity index (χ1n) is 12.1. The minimum Gasteiger partial charge on any atom is -0.481 e. The van der Waals surface area contributed by atoms with Crippen LogP contribution < -0.4 is 5.32 Å². The summed E-state index contributed by atoms with van der Waals surface area (Å²) in [5, 5.41) is 21.5. The largest absolute Gasteiger partial charge is 0.481 e. The maximum atomic E-state index is 13.4. The van der Waals surface area contributed by atoms with Crippen molar-refractivity contribution in [3.63, 3.8) is 0 Å². The van der Waals surface area contributed by atoms with Crippen molar-refractivity contribution in [2.75, 3.05) is 13.2 Å². The van der Waals surface area contributed by atoms with Crippen LogP contribution >= 0.6 is 0 Å². The van der Waals surface area contributed by atoms with Crippen molar-refractivity contribution in [3.05, 3.63) is 35.4 Å². The number of hydrogen-bond acceptors (Lipinski definition) is 6. The fourth-order valence-corrected chi connectivity index (χ4v) is 4.61. The Kier molecular flexibility index (Phi) is 11.0. The lowest BCUT2D eigenvalue weighted by Crippen LogP contribution is -2.48. The second-order valence-electron chi connectivity index (χ2n) is 9.02. The van der Waals surface area contributed by atoms with Gasteiger partial charge in [0.15, 0.2) is 0 Å². The van der Waals surface area contributed by atoms with Gasteiger partial charge in [-0.25, -0.2) is 0 Å². The average Bonchev–Trinajstić information content (AvgIpc) is 3.29. The lowest BCUT2D eigenvalue weighted by Gasteiger charge is -2.32. The van der Waals surface area contributed by atoms with Crippen molar-refractivity contribution in [1.29, 1.82) is 5.26 Å². The minimum atomic E-state index is -0.866. The van der Waals surface area contributed by atoms with Crippen LogP contribution in [0.2, 0.25) is 0 Å². The van der Waals surface area contributed by atoms with Gasteiger partial charge in [-0.3, -0.25) is 14.4 Å². The highest BCUT2D eigenvalue weighted by Crippen LogP contribution is 2.44. The number of rotatable bonds is 14. The van der Waals surface area contributed by atoms with E-state index < -0.39 is 29.3 Å². The van der Waals surface area contributed by atoms with Crippen LogP contribution in [0.15, 0.2) is 24.3 Å². The van der Waals surface area contributed by atoms with Crippen molar-refractivity contribution >= 4 is 17.8 Å². The highest BCUT2D eigenvalue weighted by Gasteiger charge is 2.44. The van der Waals surface area contributed by atoms with Crippen LogP contribution in [-0.2, 0) is 30.5 Å². The number of esters is 1. The van der Waals surface area contributed by atoms with E-state index in [1.54, 1.807) is 31.2 Å². The topological polar surface area (TPSA) is 126 Å². The molecule has 2 atom stereocenters. The molecule has 1 amide bonds. The van der Waals surface area contributed by atoms with Crippen molar-refractivity contribution in [2.24, 2.45) is 11.3 Å². The maximum Gasteiger partial charge on any atom is 0.307 e. The Morgan fingerprint density at radius 3 is 2.41 bits per heavy atom. The normalized spacial score (nSPS) is 16.3. The van der Waals surface area contributed by atoms with Gasteiger partial charge < -0.3 is 19.9 Å². The summed E-state index contributed by atoms with van der Waals surface area (Å²) in [4.78, 5) is 37.4. The Hall–Kier alpha value is -2.92. The number of carbonyl (C=O) groups excluding carboxylic acids is 2. The molecule has 0 spiro atoms. The van der Waals surface area contributed by atoms with Gasteiger partial charge in [0, 0.05) is 0 Å². The monoisotopic (exact) mass is 472 g/mol. The third-order valence-electron chi connectivity index (χ3n) is 6.39. The summed E-state index contributed by atoms with van der Waals surface area (Å²) in [7, 11) is 0. The van der Waals surface area contributed by atoms with Crippen LogP contribution in [0.3, 0.4) is 0 Å². The van der Waals surface area contributed by atoms with E-state index in [4.69, 9.17) is 14.7 Å². The van der Waals surface area contributed by atoms with E-state index >= 15 is 0 Å². The fourth-order valence-electron chi connectivity index (χ4n) is 4.61. The number of hydrogen-bond donors (Lipinski definition) is 2. The first-order chi connectivity index (χ1) is 16.3. The third kappa shape index (κ3) is 8.14. The van der Waals surface area contributed by atoms with Crippen LogP contribution in [0.4, 0.5) is 0 Å². The quantitative estimate of drug-likeness (QED) is 0.392. The number of amides is 1. The molecule has 1 aromatic carbocycles. The van der Waals surface area contributed by atoms with Gasteiger partial charge in [0.25, 0.3) is 0 Å². The smallest absolute Gasteiger partial charge is 0.307 e. The Labute approximate surface area is 201 Å². The summed E-state index contributed by atoms with van der Waals surface area (Å²) >= 11 is 0. The molecule has 0 bridgehead atoms. The highest BCUT2D eigenvalue weighted by molar-refractivity contribution is 5.84. The number of carboxylic acids is 1. The van der Waals surface area contributed by atoms with E-state index in [9.17, 15) is 19.5 Å². The third-order valence-corrected chi connectivity index (χ3v) is 6.39. The summed E-state index contributed by atoms with van der Waals surface area (Å²) < 4.78 is 10.9. The van der Waals surface area contributed by atoms with Crippen LogP contribution in [0.5, 0.6) is 0 Å². The molecule has 2 unspecified atom stereocenters. The van der Waals surface area contributed by atoms with Crippen LogP contribution in [0.25, 0.3) is 0 Å². The Bertz CT molecular complexity index is 855. The van der Waals surface area contributed by atoms with E-state index in [1.165, 1.54) is 0 Å². The van der Waals surface area contributed by atoms with Gasteiger partial charge in [0.1, 0.15) is 0 Å². The SMILES string of the molecule is CCCC(CC1(C(=O)NC(COCc2ccc(C#N)cc2)CC(=O)OCC)CCCC1)C(=O)O. The van der Waals surface area contributed by atoms with Crippen molar-refractivity contribution in [2.45, 2.75) is 77.9 Å².